The second-order valence-electron chi connectivity index (χ2n) is 13.1. The quantitative estimate of drug-likeness (QED) is 0.237. The van der Waals surface area contributed by atoms with Crippen LogP contribution in [0.2, 0.25) is 0 Å². The number of benzene rings is 2. The highest BCUT2D eigenvalue weighted by atomic mass is 16.6. The van der Waals surface area contributed by atoms with Crippen molar-refractivity contribution in [2.24, 2.45) is 5.73 Å². The monoisotopic (exact) mass is 634 g/mol. The van der Waals surface area contributed by atoms with Gasteiger partial charge < -0.3 is 30.7 Å². The molecule has 11 nitrogen and oxygen atoms in total. The molecule has 3 unspecified atom stereocenters. The number of carbonyl (C=O) groups excluding carboxylic acids is 5. The minimum absolute atomic E-state index is 0.102. The fraction of sp³-hybridized carbons (Fsp3) is 0.457. The number of rotatable bonds is 12. The van der Waals surface area contributed by atoms with Gasteiger partial charge in [-0.3, -0.25) is 14.4 Å². The summed E-state index contributed by atoms with van der Waals surface area (Å²) >= 11 is 0. The third kappa shape index (κ3) is 11.6. The molecule has 0 aliphatic heterocycles. The number of primary amides is 1. The maximum atomic E-state index is 14.4. The lowest BCUT2D eigenvalue weighted by Gasteiger charge is -2.38. The van der Waals surface area contributed by atoms with Crippen LogP contribution < -0.4 is 16.4 Å². The van der Waals surface area contributed by atoms with E-state index in [1.807, 2.05) is 30.3 Å². The Labute approximate surface area is 271 Å². The first-order chi connectivity index (χ1) is 21.3. The Morgan fingerprint density at radius 2 is 1.41 bits per heavy atom. The summed E-state index contributed by atoms with van der Waals surface area (Å²) in [6.07, 6.45) is 4.40. The number of nitrogens with two attached hydrogens (primary N) is 1. The molecule has 0 saturated carbocycles. The maximum Gasteiger partial charge on any atom is 0.408 e. The second kappa shape index (κ2) is 15.9. The van der Waals surface area contributed by atoms with Crippen molar-refractivity contribution in [2.75, 3.05) is 0 Å². The van der Waals surface area contributed by atoms with Crippen LogP contribution in [0.4, 0.5) is 4.79 Å². The number of nitrogens with zero attached hydrogens (tertiary/aromatic N) is 1. The topological polar surface area (TPSA) is 157 Å². The summed E-state index contributed by atoms with van der Waals surface area (Å²) in [5.74, 6) is -0.499. The molecule has 0 saturated heterocycles. The number of ether oxygens (including phenoxy) is 2. The van der Waals surface area contributed by atoms with Crippen molar-refractivity contribution < 1.29 is 33.4 Å². The molecule has 2 aromatic carbocycles. The Kier molecular flexibility index (Phi) is 12.9. The summed E-state index contributed by atoms with van der Waals surface area (Å²) in [5.41, 5.74) is 5.10. The van der Waals surface area contributed by atoms with Gasteiger partial charge in [0.15, 0.2) is 0 Å². The average Bonchev–Trinajstić information content (AvgIpc) is 2.93. The van der Waals surface area contributed by atoms with E-state index in [1.165, 1.54) is 4.90 Å². The lowest BCUT2D eigenvalue weighted by Crippen LogP contribution is -2.57. The minimum Gasteiger partial charge on any atom is -0.458 e. The van der Waals surface area contributed by atoms with Crippen LogP contribution >= 0.6 is 0 Å². The van der Waals surface area contributed by atoms with Gasteiger partial charge in [0.25, 0.3) is 0 Å². The van der Waals surface area contributed by atoms with Crippen molar-refractivity contribution in [3.8, 4) is 12.3 Å². The van der Waals surface area contributed by atoms with Crippen molar-refractivity contribution in [2.45, 2.75) is 104 Å². The normalized spacial score (nSPS) is 13.4. The molecule has 46 heavy (non-hydrogen) atoms. The zero-order valence-corrected chi connectivity index (χ0v) is 27.9. The Morgan fingerprint density at radius 3 is 1.93 bits per heavy atom. The van der Waals surface area contributed by atoms with E-state index in [-0.39, 0.29) is 6.42 Å². The first-order valence-corrected chi connectivity index (χ1v) is 15.1. The van der Waals surface area contributed by atoms with E-state index in [0.29, 0.717) is 11.1 Å². The molecular weight excluding hydrogens is 588 g/mol. The molecule has 248 valence electrons. The summed E-state index contributed by atoms with van der Waals surface area (Å²) < 4.78 is 11.0. The van der Waals surface area contributed by atoms with Gasteiger partial charge in [0.05, 0.1) is 6.42 Å². The fourth-order valence-corrected chi connectivity index (χ4v) is 4.66. The SMILES string of the molecule is C#Cc1ccccc1C(C(=O)NC(Cc1ccccc1)C(=O)OC(C)(C)C)N(C(=O)C(CC(N)=O)NC(=O)OC(C)(C)C)C(C)C. The summed E-state index contributed by atoms with van der Waals surface area (Å²) in [7, 11) is 0. The predicted octanol–water partition coefficient (Wildman–Crippen LogP) is 3.78. The van der Waals surface area contributed by atoms with E-state index < -0.39 is 71.6 Å². The van der Waals surface area contributed by atoms with E-state index >= 15 is 0 Å². The number of hydrogen-bond donors (Lipinski definition) is 3. The van der Waals surface area contributed by atoms with E-state index in [4.69, 9.17) is 21.6 Å². The highest BCUT2D eigenvalue weighted by molar-refractivity contribution is 5.96. The van der Waals surface area contributed by atoms with Crippen LogP contribution in [0.3, 0.4) is 0 Å². The number of alkyl carbamates (subject to hydrolysis) is 1. The molecule has 2 aromatic rings. The molecule has 0 heterocycles. The maximum absolute atomic E-state index is 14.4. The first-order valence-electron chi connectivity index (χ1n) is 15.1. The van der Waals surface area contributed by atoms with Gasteiger partial charge >= 0.3 is 12.1 Å². The van der Waals surface area contributed by atoms with Crippen molar-refractivity contribution >= 4 is 29.8 Å². The Bertz CT molecular complexity index is 1440. The molecule has 0 radical (unpaired) electrons. The number of nitrogens with one attached hydrogen (secondary N) is 2. The molecular formula is C35H46N4O7. The molecule has 0 aliphatic carbocycles. The molecule has 0 fully saturated rings. The molecule has 0 bridgehead atoms. The molecule has 2 rings (SSSR count). The number of terminal acetylenes is 1. The van der Waals surface area contributed by atoms with Gasteiger partial charge in [-0.15, -0.1) is 6.42 Å². The second-order valence-corrected chi connectivity index (χ2v) is 13.1. The average molecular weight is 635 g/mol. The number of esters is 1. The molecule has 0 aliphatic rings. The first kappa shape index (κ1) is 37.3. The third-order valence-electron chi connectivity index (χ3n) is 6.43. The van der Waals surface area contributed by atoms with Crippen LogP contribution in [0.25, 0.3) is 0 Å². The van der Waals surface area contributed by atoms with Gasteiger partial charge in [0.2, 0.25) is 17.7 Å². The Morgan fingerprint density at radius 1 is 0.848 bits per heavy atom. The fourth-order valence-electron chi connectivity index (χ4n) is 4.66. The van der Waals surface area contributed by atoms with Crippen LogP contribution in [0.15, 0.2) is 54.6 Å². The van der Waals surface area contributed by atoms with Crippen molar-refractivity contribution in [1.82, 2.24) is 15.5 Å². The van der Waals surface area contributed by atoms with Crippen molar-refractivity contribution in [3.63, 3.8) is 0 Å². The summed E-state index contributed by atoms with van der Waals surface area (Å²) in [4.78, 5) is 68.1. The largest absolute Gasteiger partial charge is 0.458 e. The molecule has 4 N–H and O–H groups in total. The number of hydrogen-bond acceptors (Lipinski definition) is 7. The zero-order valence-electron chi connectivity index (χ0n) is 27.9. The molecule has 4 amide bonds. The van der Waals surface area contributed by atoms with Gasteiger partial charge in [-0.1, -0.05) is 54.5 Å². The Hall–Kier alpha value is -4.85. The van der Waals surface area contributed by atoms with E-state index in [0.717, 1.165) is 5.56 Å². The van der Waals surface area contributed by atoms with Crippen LogP contribution in [0, 0.1) is 12.3 Å². The van der Waals surface area contributed by atoms with Crippen molar-refractivity contribution in [1.29, 1.82) is 0 Å². The van der Waals surface area contributed by atoms with Gasteiger partial charge in [-0.2, -0.15) is 0 Å². The van der Waals surface area contributed by atoms with E-state index in [1.54, 1.807) is 79.7 Å². The molecule has 0 spiro atoms. The minimum atomic E-state index is -1.48. The van der Waals surface area contributed by atoms with Crippen molar-refractivity contribution in [3.05, 3.63) is 71.3 Å². The number of amides is 4. The standard InChI is InChI=1S/C35H46N4O7/c1-10-24-18-14-15-19-25(24)29(30(41)37-27(32(43)45-34(4,5)6)20-23-16-12-11-13-17-23)39(22(2)3)31(42)26(21-28(36)40)38-33(44)46-35(7,8)9/h1,11-19,22,26-27,29H,20-21H2,2-9H3,(H2,36,40)(H,37,41)(H,38,44). The van der Waals surface area contributed by atoms with E-state index in [9.17, 15) is 24.0 Å². The third-order valence-corrected chi connectivity index (χ3v) is 6.43. The highest BCUT2D eigenvalue weighted by Gasteiger charge is 2.40. The molecule has 0 aromatic heterocycles. The zero-order chi connectivity index (χ0) is 34.8. The van der Waals surface area contributed by atoms with Gasteiger partial charge in [0, 0.05) is 18.0 Å². The molecule has 3 atom stereocenters. The van der Waals surface area contributed by atoms with E-state index in [2.05, 4.69) is 16.6 Å². The summed E-state index contributed by atoms with van der Waals surface area (Å²) in [6, 6.07) is 11.0. The lowest BCUT2D eigenvalue weighted by molar-refractivity contribution is -0.159. The van der Waals surface area contributed by atoms with Crippen LogP contribution in [-0.4, -0.2) is 64.0 Å². The van der Waals surface area contributed by atoms with Gasteiger partial charge in [-0.25, -0.2) is 9.59 Å². The number of carbonyl (C=O) groups is 5. The summed E-state index contributed by atoms with van der Waals surface area (Å²) in [6.45, 7) is 13.4. The van der Waals surface area contributed by atoms with Crippen LogP contribution in [-0.2, 0) is 35.1 Å². The predicted molar refractivity (Wildman–Crippen MR) is 174 cm³/mol. The van der Waals surface area contributed by atoms with Gasteiger partial charge in [-0.05, 0) is 72.6 Å². The Balaban J connectivity index is 2.66. The van der Waals surface area contributed by atoms with Crippen LogP contribution in [0.1, 0.15) is 84.5 Å². The lowest BCUT2D eigenvalue weighted by atomic mass is 9.95. The smallest absolute Gasteiger partial charge is 0.408 e. The van der Waals surface area contributed by atoms with Gasteiger partial charge in [0.1, 0.15) is 29.3 Å². The highest BCUT2D eigenvalue weighted by Crippen LogP contribution is 2.28. The van der Waals surface area contributed by atoms with Crippen LogP contribution in [0.5, 0.6) is 0 Å². The summed E-state index contributed by atoms with van der Waals surface area (Å²) in [5, 5.41) is 5.23. The molecule has 11 heteroatoms.